The van der Waals surface area contributed by atoms with Crippen LogP contribution in [0.3, 0.4) is 0 Å². The standard InChI is InChI=1S/C15H26O3/c1-9(2)15(18)12-6-5-10(3)11(16)7-14(12,4)8-13(15)17/h9,11-13,16-18H,3,5-8H2,1-2,4H3/t11-,12+,13-,14-,15+/m1/s1. The van der Waals surface area contributed by atoms with E-state index in [0.29, 0.717) is 12.8 Å². The third-order valence-electron chi connectivity index (χ3n) is 5.40. The average Bonchev–Trinajstić information content (AvgIpc) is 2.36. The van der Waals surface area contributed by atoms with E-state index in [-0.39, 0.29) is 17.3 Å². The fourth-order valence-electron chi connectivity index (χ4n) is 4.21. The molecular weight excluding hydrogens is 228 g/mol. The number of aliphatic hydroxyl groups excluding tert-OH is 2. The highest BCUT2D eigenvalue weighted by molar-refractivity contribution is 5.16. The van der Waals surface area contributed by atoms with Crippen molar-refractivity contribution in [3.05, 3.63) is 12.2 Å². The lowest BCUT2D eigenvalue weighted by Crippen LogP contribution is -2.49. The van der Waals surface area contributed by atoms with Crippen LogP contribution in [0, 0.1) is 17.3 Å². The van der Waals surface area contributed by atoms with Crippen LogP contribution in [-0.4, -0.2) is 33.1 Å². The van der Waals surface area contributed by atoms with Gasteiger partial charge in [-0.2, -0.15) is 0 Å². The van der Waals surface area contributed by atoms with Gasteiger partial charge in [-0.1, -0.05) is 27.4 Å². The van der Waals surface area contributed by atoms with Crippen LogP contribution in [0.25, 0.3) is 0 Å². The summed E-state index contributed by atoms with van der Waals surface area (Å²) in [5.74, 6) is 0.0525. The molecule has 2 aliphatic carbocycles. The van der Waals surface area contributed by atoms with Gasteiger partial charge in [0.1, 0.15) is 0 Å². The smallest absolute Gasteiger partial charge is 0.0961 e. The Bertz CT molecular complexity index is 352. The quantitative estimate of drug-likeness (QED) is 0.626. The molecule has 0 aromatic heterocycles. The van der Waals surface area contributed by atoms with Crippen LogP contribution in [0.4, 0.5) is 0 Å². The van der Waals surface area contributed by atoms with Crippen molar-refractivity contribution < 1.29 is 15.3 Å². The van der Waals surface area contributed by atoms with Crippen molar-refractivity contribution in [1.82, 2.24) is 0 Å². The van der Waals surface area contributed by atoms with E-state index < -0.39 is 17.8 Å². The van der Waals surface area contributed by atoms with Crippen molar-refractivity contribution in [1.29, 1.82) is 0 Å². The first kappa shape index (κ1) is 14.0. The second-order valence-electron chi connectivity index (χ2n) is 6.89. The van der Waals surface area contributed by atoms with Gasteiger partial charge in [-0.05, 0) is 48.5 Å². The van der Waals surface area contributed by atoms with Crippen molar-refractivity contribution in [3.63, 3.8) is 0 Å². The molecule has 0 aromatic carbocycles. The monoisotopic (exact) mass is 254 g/mol. The average molecular weight is 254 g/mol. The van der Waals surface area contributed by atoms with Crippen molar-refractivity contribution >= 4 is 0 Å². The first-order valence-corrected chi connectivity index (χ1v) is 6.98. The summed E-state index contributed by atoms with van der Waals surface area (Å²) in [6.07, 6.45) is 1.52. The summed E-state index contributed by atoms with van der Waals surface area (Å²) in [5, 5.41) is 31.3. The van der Waals surface area contributed by atoms with Crippen LogP contribution < -0.4 is 0 Å². The normalized spacial score (nSPS) is 49.3. The van der Waals surface area contributed by atoms with Crippen molar-refractivity contribution in [2.24, 2.45) is 17.3 Å². The molecule has 0 heterocycles. The number of hydrogen-bond donors (Lipinski definition) is 3. The van der Waals surface area contributed by atoms with Crippen LogP contribution in [0.2, 0.25) is 0 Å². The summed E-state index contributed by atoms with van der Waals surface area (Å²) in [5.41, 5.74) is -0.359. The van der Waals surface area contributed by atoms with Gasteiger partial charge in [0.25, 0.3) is 0 Å². The third-order valence-corrected chi connectivity index (χ3v) is 5.40. The largest absolute Gasteiger partial charge is 0.390 e. The Morgan fingerprint density at radius 2 is 1.89 bits per heavy atom. The van der Waals surface area contributed by atoms with E-state index >= 15 is 0 Å². The van der Waals surface area contributed by atoms with Gasteiger partial charge in [-0.15, -0.1) is 0 Å². The van der Waals surface area contributed by atoms with Gasteiger partial charge < -0.3 is 15.3 Å². The van der Waals surface area contributed by atoms with Gasteiger partial charge in [0.15, 0.2) is 0 Å². The molecule has 0 aromatic rings. The van der Waals surface area contributed by atoms with Gasteiger partial charge in [0.05, 0.1) is 17.8 Å². The maximum atomic E-state index is 10.9. The summed E-state index contributed by atoms with van der Waals surface area (Å²) >= 11 is 0. The van der Waals surface area contributed by atoms with Gasteiger partial charge in [-0.3, -0.25) is 0 Å². The summed E-state index contributed by atoms with van der Waals surface area (Å²) in [4.78, 5) is 0. The fraction of sp³-hybridized carbons (Fsp3) is 0.867. The molecule has 0 radical (unpaired) electrons. The highest BCUT2D eigenvalue weighted by atomic mass is 16.3. The molecule has 3 heteroatoms. The second kappa shape index (κ2) is 4.32. The molecule has 2 fully saturated rings. The predicted octanol–water partition coefficient (Wildman–Crippen LogP) is 1.86. The van der Waals surface area contributed by atoms with Gasteiger partial charge in [0.2, 0.25) is 0 Å². The molecule has 2 saturated carbocycles. The van der Waals surface area contributed by atoms with Crippen molar-refractivity contribution in [2.45, 2.75) is 64.3 Å². The number of rotatable bonds is 1. The topological polar surface area (TPSA) is 60.7 Å². The van der Waals surface area contributed by atoms with E-state index in [1.54, 1.807) is 0 Å². The highest BCUT2D eigenvalue weighted by Crippen LogP contribution is 2.58. The Morgan fingerprint density at radius 1 is 1.28 bits per heavy atom. The van der Waals surface area contributed by atoms with E-state index in [4.69, 9.17) is 0 Å². The highest BCUT2D eigenvalue weighted by Gasteiger charge is 2.61. The van der Waals surface area contributed by atoms with Gasteiger partial charge in [-0.25, -0.2) is 0 Å². The van der Waals surface area contributed by atoms with Crippen LogP contribution in [0.5, 0.6) is 0 Å². The summed E-state index contributed by atoms with van der Waals surface area (Å²) < 4.78 is 0. The molecule has 0 amide bonds. The lowest BCUT2D eigenvalue weighted by molar-refractivity contribution is -0.121. The first-order chi connectivity index (χ1) is 8.21. The zero-order valence-corrected chi connectivity index (χ0v) is 11.7. The molecule has 5 atom stereocenters. The number of aliphatic hydroxyl groups is 3. The van der Waals surface area contributed by atoms with E-state index in [0.717, 1.165) is 18.4 Å². The Morgan fingerprint density at radius 3 is 2.44 bits per heavy atom. The predicted molar refractivity (Wildman–Crippen MR) is 71.0 cm³/mol. The molecule has 2 rings (SSSR count). The van der Waals surface area contributed by atoms with E-state index in [9.17, 15) is 15.3 Å². The molecule has 0 spiro atoms. The Hall–Kier alpha value is -0.380. The second-order valence-corrected chi connectivity index (χ2v) is 6.89. The zero-order chi connectivity index (χ0) is 13.7. The maximum absolute atomic E-state index is 10.9. The SMILES string of the molecule is C=C1CC[C@H]2[C@](C)(C[C@H]1O)C[C@@H](O)[C@]2(O)C(C)C. The van der Waals surface area contributed by atoms with Crippen molar-refractivity contribution in [3.8, 4) is 0 Å². The number of hydrogen-bond acceptors (Lipinski definition) is 3. The minimum Gasteiger partial charge on any atom is -0.390 e. The molecular formula is C15H26O3. The summed E-state index contributed by atoms with van der Waals surface area (Å²) in [6.45, 7) is 9.94. The Balaban J connectivity index is 2.38. The Kier molecular flexibility index (Phi) is 3.37. The zero-order valence-electron chi connectivity index (χ0n) is 11.7. The maximum Gasteiger partial charge on any atom is 0.0961 e. The lowest BCUT2D eigenvalue weighted by Gasteiger charge is -2.40. The first-order valence-electron chi connectivity index (χ1n) is 6.98. The van der Waals surface area contributed by atoms with Crippen molar-refractivity contribution in [2.75, 3.05) is 0 Å². The summed E-state index contributed by atoms with van der Waals surface area (Å²) in [6, 6.07) is 0. The summed E-state index contributed by atoms with van der Waals surface area (Å²) in [7, 11) is 0. The number of fused-ring (bicyclic) bond motifs is 1. The third kappa shape index (κ3) is 1.84. The van der Waals surface area contributed by atoms with Gasteiger partial charge in [0, 0.05) is 0 Å². The molecule has 0 saturated heterocycles. The minimum absolute atomic E-state index is 0.0165. The minimum atomic E-state index is -1.03. The molecule has 3 N–H and O–H groups in total. The van der Waals surface area contributed by atoms with Gasteiger partial charge >= 0.3 is 0 Å². The van der Waals surface area contributed by atoms with E-state index in [2.05, 4.69) is 13.5 Å². The Labute approximate surface area is 110 Å². The van der Waals surface area contributed by atoms with Crippen LogP contribution in [-0.2, 0) is 0 Å². The molecule has 0 aliphatic heterocycles. The fourth-order valence-corrected chi connectivity index (χ4v) is 4.21. The van der Waals surface area contributed by atoms with Crippen LogP contribution in [0.1, 0.15) is 46.5 Å². The van der Waals surface area contributed by atoms with Crippen LogP contribution in [0.15, 0.2) is 12.2 Å². The van der Waals surface area contributed by atoms with E-state index in [1.165, 1.54) is 0 Å². The molecule has 0 bridgehead atoms. The lowest BCUT2D eigenvalue weighted by atomic mass is 9.69. The van der Waals surface area contributed by atoms with Crippen LogP contribution >= 0.6 is 0 Å². The van der Waals surface area contributed by atoms with E-state index in [1.807, 2.05) is 13.8 Å². The molecule has 104 valence electrons. The molecule has 3 nitrogen and oxygen atoms in total. The molecule has 0 unspecified atom stereocenters. The molecule has 2 aliphatic rings. The molecule has 18 heavy (non-hydrogen) atoms.